The number of aliphatic hydroxyl groups is 5. The first-order valence-corrected chi connectivity index (χ1v) is 12.4. The van der Waals surface area contributed by atoms with Crippen molar-refractivity contribution in [1.29, 1.82) is 0 Å². The van der Waals surface area contributed by atoms with Crippen molar-refractivity contribution in [3.8, 4) is 0 Å². The van der Waals surface area contributed by atoms with Gasteiger partial charge in [-0.15, -0.1) is 0 Å². The summed E-state index contributed by atoms with van der Waals surface area (Å²) in [6, 6.07) is 0. The van der Waals surface area contributed by atoms with E-state index in [-0.39, 0.29) is 31.0 Å². The average Bonchev–Trinajstić information content (AvgIpc) is 3.42. The van der Waals surface area contributed by atoms with Gasteiger partial charge in [-0.1, -0.05) is 13.8 Å². The topological polar surface area (TPSA) is 140 Å². The van der Waals surface area contributed by atoms with Gasteiger partial charge in [-0.05, 0) is 59.3 Å². The van der Waals surface area contributed by atoms with Crippen LogP contribution in [0.5, 0.6) is 0 Å². The fourth-order valence-electron chi connectivity index (χ4n) is 8.86. The Bertz CT molecular complexity index is 851. The normalized spacial score (nSPS) is 57.8. The molecule has 8 nitrogen and oxygen atoms in total. The van der Waals surface area contributed by atoms with E-state index in [1.54, 1.807) is 20.8 Å². The summed E-state index contributed by atoms with van der Waals surface area (Å²) in [5, 5.41) is 57.2. The van der Waals surface area contributed by atoms with Crippen molar-refractivity contribution in [3.05, 3.63) is 0 Å². The molecule has 5 fully saturated rings. The fourth-order valence-corrected chi connectivity index (χ4v) is 8.86. The SMILES string of the molecule is C[C@H](C(=O)O[C@@H]1[C@H]2CC[C@H]3[C@@](C)(O)[C@@H]4[C@@H]5O[C@@H]5C(C)(C)[C@@]4(O)[C@H](O)C[C@@]13C[C@@]2(C)O)[C@@H](C)O. The van der Waals surface area contributed by atoms with Crippen molar-refractivity contribution < 1.29 is 39.8 Å². The molecule has 188 valence electrons. The molecule has 0 aromatic carbocycles. The van der Waals surface area contributed by atoms with Crippen molar-refractivity contribution in [3.63, 3.8) is 0 Å². The third-order valence-electron chi connectivity index (χ3n) is 10.7. The minimum absolute atomic E-state index is 0.108. The van der Waals surface area contributed by atoms with Crippen LogP contribution in [-0.4, -0.2) is 78.8 Å². The molecule has 0 radical (unpaired) electrons. The number of epoxide rings is 1. The lowest BCUT2D eigenvalue weighted by Crippen LogP contribution is -2.63. The molecule has 4 aliphatic carbocycles. The van der Waals surface area contributed by atoms with Gasteiger partial charge in [-0.25, -0.2) is 0 Å². The summed E-state index contributed by atoms with van der Waals surface area (Å²) in [5.74, 6) is -2.76. The molecule has 5 N–H and O–H groups in total. The zero-order valence-electron chi connectivity index (χ0n) is 20.5. The summed E-state index contributed by atoms with van der Waals surface area (Å²) in [7, 11) is 0. The van der Waals surface area contributed by atoms with E-state index in [4.69, 9.17) is 9.47 Å². The molecule has 5 rings (SSSR count). The van der Waals surface area contributed by atoms with Gasteiger partial charge in [0.2, 0.25) is 0 Å². The quantitative estimate of drug-likeness (QED) is 0.302. The Balaban J connectivity index is 1.62. The first-order chi connectivity index (χ1) is 15.0. The van der Waals surface area contributed by atoms with Crippen molar-refractivity contribution in [2.45, 2.75) is 115 Å². The molecule has 33 heavy (non-hydrogen) atoms. The first kappa shape index (κ1) is 23.9. The number of carbonyl (C=O) groups is 1. The van der Waals surface area contributed by atoms with E-state index in [9.17, 15) is 30.3 Å². The van der Waals surface area contributed by atoms with Crippen LogP contribution in [0, 0.1) is 34.5 Å². The Hall–Kier alpha value is -0.770. The molecular formula is C25H40O8. The summed E-state index contributed by atoms with van der Waals surface area (Å²) in [6.07, 6.45) is -1.89. The van der Waals surface area contributed by atoms with Crippen LogP contribution in [0.1, 0.15) is 67.2 Å². The maximum absolute atomic E-state index is 12.9. The van der Waals surface area contributed by atoms with E-state index >= 15 is 0 Å². The number of ether oxygens (including phenoxy) is 2. The maximum atomic E-state index is 12.9. The molecule has 1 saturated heterocycles. The van der Waals surface area contributed by atoms with Crippen LogP contribution in [0.3, 0.4) is 0 Å². The van der Waals surface area contributed by atoms with Crippen LogP contribution in [-0.2, 0) is 14.3 Å². The van der Waals surface area contributed by atoms with Crippen LogP contribution in [0.2, 0.25) is 0 Å². The molecular weight excluding hydrogens is 428 g/mol. The molecule has 13 atom stereocenters. The van der Waals surface area contributed by atoms with Gasteiger partial charge in [0, 0.05) is 22.7 Å². The van der Waals surface area contributed by atoms with Gasteiger partial charge in [0.25, 0.3) is 0 Å². The zero-order chi connectivity index (χ0) is 24.5. The van der Waals surface area contributed by atoms with Gasteiger partial charge >= 0.3 is 5.97 Å². The monoisotopic (exact) mass is 468 g/mol. The maximum Gasteiger partial charge on any atom is 0.311 e. The summed E-state index contributed by atoms with van der Waals surface area (Å²) in [4.78, 5) is 12.9. The molecule has 4 saturated carbocycles. The smallest absolute Gasteiger partial charge is 0.311 e. The van der Waals surface area contributed by atoms with E-state index in [2.05, 4.69) is 0 Å². The van der Waals surface area contributed by atoms with E-state index in [1.807, 2.05) is 13.8 Å². The minimum atomic E-state index is -1.58. The molecule has 2 bridgehead atoms. The van der Waals surface area contributed by atoms with Crippen molar-refractivity contribution in [1.82, 2.24) is 0 Å². The lowest BCUT2D eigenvalue weighted by molar-refractivity contribution is -0.223. The highest BCUT2D eigenvalue weighted by atomic mass is 16.6. The fraction of sp³-hybridized carbons (Fsp3) is 0.960. The predicted molar refractivity (Wildman–Crippen MR) is 117 cm³/mol. The second-order valence-corrected chi connectivity index (χ2v) is 12.9. The van der Waals surface area contributed by atoms with E-state index < -0.39 is 69.7 Å². The summed E-state index contributed by atoms with van der Waals surface area (Å²) < 4.78 is 11.9. The van der Waals surface area contributed by atoms with Crippen LogP contribution in [0.25, 0.3) is 0 Å². The van der Waals surface area contributed by atoms with Gasteiger partial charge in [-0.2, -0.15) is 0 Å². The number of rotatable bonds is 3. The Kier molecular flexibility index (Phi) is 4.87. The number of esters is 1. The lowest BCUT2D eigenvalue weighted by atomic mass is 9.57. The third-order valence-corrected chi connectivity index (χ3v) is 10.7. The van der Waals surface area contributed by atoms with Crippen LogP contribution < -0.4 is 0 Å². The summed E-state index contributed by atoms with van der Waals surface area (Å²) in [6.45, 7) is 10.3. The van der Waals surface area contributed by atoms with Gasteiger partial charge in [-0.3, -0.25) is 4.79 Å². The summed E-state index contributed by atoms with van der Waals surface area (Å²) in [5.41, 5.74) is -5.83. The van der Waals surface area contributed by atoms with Gasteiger partial charge < -0.3 is 35.0 Å². The molecule has 1 heterocycles. The highest BCUT2D eigenvalue weighted by molar-refractivity contribution is 5.73. The lowest BCUT2D eigenvalue weighted by Gasteiger charge is -2.52. The second-order valence-electron chi connectivity index (χ2n) is 12.9. The highest BCUT2D eigenvalue weighted by Crippen LogP contribution is 2.73. The van der Waals surface area contributed by atoms with Crippen molar-refractivity contribution >= 4 is 5.97 Å². The van der Waals surface area contributed by atoms with Crippen LogP contribution in [0.15, 0.2) is 0 Å². The van der Waals surface area contributed by atoms with Crippen LogP contribution >= 0.6 is 0 Å². The molecule has 0 aromatic rings. The predicted octanol–water partition coefficient (Wildman–Crippen LogP) is 0.752. The molecule has 1 aliphatic heterocycles. The van der Waals surface area contributed by atoms with E-state index in [0.717, 1.165) is 0 Å². The van der Waals surface area contributed by atoms with Gasteiger partial charge in [0.1, 0.15) is 11.7 Å². The first-order valence-electron chi connectivity index (χ1n) is 12.4. The van der Waals surface area contributed by atoms with Crippen molar-refractivity contribution in [2.24, 2.45) is 34.5 Å². The molecule has 0 amide bonds. The Morgan fingerprint density at radius 1 is 1.09 bits per heavy atom. The highest BCUT2D eigenvalue weighted by Gasteiger charge is 2.83. The Labute approximate surface area is 195 Å². The molecule has 0 unspecified atom stereocenters. The largest absolute Gasteiger partial charge is 0.461 e. The number of hydrogen-bond donors (Lipinski definition) is 5. The zero-order valence-corrected chi connectivity index (χ0v) is 20.5. The van der Waals surface area contributed by atoms with E-state index in [1.165, 1.54) is 6.92 Å². The standard InChI is InChI=1S/C25H40O8/c1-11(12(2)26)20(28)33-18-13-7-8-14-23(6,30)17-16-19(32-16)21(3,4)25(17,31)15(27)9-24(14,18)10-22(13,5)29/h11-19,26-27,29-31H,7-10H2,1-6H3/t11-,12+,13+,14-,15+,16-,17-,18+,19-,22+,23+,24-,25+/m0/s1. The van der Waals surface area contributed by atoms with Gasteiger partial charge in [0.15, 0.2) is 0 Å². The summed E-state index contributed by atoms with van der Waals surface area (Å²) >= 11 is 0. The number of aliphatic hydroxyl groups excluding tert-OH is 2. The minimum Gasteiger partial charge on any atom is -0.461 e. The van der Waals surface area contributed by atoms with Gasteiger partial charge in [0.05, 0.1) is 41.5 Å². The molecule has 5 aliphatic rings. The second kappa shape index (κ2) is 6.71. The Morgan fingerprint density at radius 3 is 2.33 bits per heavy atom. The third kappa shape index (κ3) is 2.77. The van der Waals surface area contributed by atoms with Crippen molar-refractivity contribution in [2.75, 3.05) is 0 Å². The van der Waals surface area contributed by atoms with E-state index in [0.29, 0.717) is 12.8 Å². The number of carbonyl (C=O) groups excluding carboxylic acids is 1. The molecule has 1 spiro atoms. The number of hydrogen-bond acceptors (Lipinski definition) is 8. The molecule has 0 aromatic heterocycles. The molecule has 8 heteroatoms. The Morgan fingerprint density at radius 2 is 1.73 bits per heavy atom. The number of fused-ring (bicyclic) bond motifs is 4. The van der Waals surface area contributed by atoms with Crippen LogP contribution in [0.4, 0.5) is 0 Å². The average molecular weight is 469 g/mol.